The van der Waals surface area contributed by atoms with E-state index in [-0.39, 0.29) is 30.3 Å². The largest absolute Gasteiger partial charge is 0.501 e. The molecule has 0 fully saturated rings. The molecule has 216 valence electrons. The van der Waals surface area contributed by atoms with Crippen molar-refractivity contribution in [3.8, 4) is 17.0 Å². The van der Waals surface area contributed by atoms with Crippen molar-refractivity contribution in [2.24, 2.45) is 5.73 Å². The number of carboxylic acids is 1. The van der Waals surface area contributed by atoms with Crippen molar-refractivity contribution in [2.75, 3.05) is 6.61 Å². The molecule has 0 saturated carbocycles. The second-order valence-corrected chi connectivity index (χ2v) is 10.6. The van der Waals surface area contributed by atoms with Gasteiger partial charge in [0.05, 0.1) is 18.4 Å². The van der Waals surface area contributed by atoms with Crippen LogP contribution < -0.4 is 10.5 Å². The molecule has 3 N–H and O–H groups in total. The minimum absolute atomic E-state index is 0. The van der Waals surface area contributed by atoms with Crippen LogP contribution in [0.3, 0.4) is 0 Å². The average Bonchev–Trinajstić information content (AvgIpc) is 3.37. The summed E-state index contributed by atoms with van der Waals surface area (Å²) < 4.78 is 54.9. The minimum atomic E-state index is -4.76. The number of ether oxygens (including phenoxy) is 2. The summed E-state index contributed by atoms with van der Waals surface area (Å²) in [5.41, 5.74) is 9.06. The summed E-state index contributed by atoms with van der Waals surface area (Å²) in [4.78, 5) is 19.4. The van der Waals surface area contributed by atoms with Crippen LogP contribution in [0.15, 0.2) is 60.4 Å². The highest BCUT2D eigenvalue weighted by Crippen LogP contribution is 2.44. The van der Waals surface area contributed by atoms with Gasteiger partial charge in [0.15, 0.2) is 0 Å². The molecule has 2 aromatic heterocycles. The van der Waals surface area contributed by atoms with Gasteiger partial charge >= 0.3 is 12.1 Å². The number of carbonyl (C=O) groups is 1. The van der Waals surface area contributed by atoms with Crippen LogP contribution in [0, 0.1) is 0 Å². The van der Waals surface area contributed by atoms with E-state index in [1.807, 2.05) is 0 Å². The lowest BCUT2D eigenvalue weighted by atomic mass is 9.93. The van der Waals surface area contributed by atoms with Crippen LogP contribution in [0.25, 0.3) is 26.9 Å². The Hall–Kier alpha value is -3.38. The molecule has 0 aliphatic carbocycles. The minimum Gasteiger partial charge on any atom is -0.501 e. The Bertz CT molecular complexity index is 1580. The molecule has 0 spiro atoms. The number of rotatable bonds is 8. The van der Waals surface area contributed by atoms with E-state index >= 15 is 0 Å². The van der Waals surface area contributed by atoms with Gasteiger partial charge in [-0.25, -0.2) is 9.97 Å². The SMILES string of the molecule is Cl.NC(Cc1ccc(-c2csc3c(OC(c4ccc(Cl)cc4C4=COCCC4)C(F)(F)F)ncnc23)cc1)C(=O)O. The van der Waals surface area contributed by atoms with Gasteiger partial charge in [0, 0.05) is 21.5 Å². The summed E-state index contributed by atoms with van der Waals surface area (Å²) >= 11 is 7.33. The van der Waals surface area contributed by atoms with Gasteiger partial charge in [-0.2, -0.15) is 13.2 Å². The van der Waals surface area contributed by atoms with E-state index in [2.05, 4.69) is 9.97 Å². The fraction of sp³-hybridized carbons (Fsp3) is 0.250. The summed E-state index contributed by atoms with van der Waals surface area (Å²) in [6.07, 6.45) is -3.05. The lowest BCUT2D eigenvalue weighted by Gasteiger charge is -2.25. The molecule has 7 nitrogen and oxygen atoms in total. The highest BCUT2D eigenvalue weighted by molar-refractivity contribution is 7.18. The van der Waals surface area contributed by atoms with E-state index in [0.717, 1.165) is 11.1 Å². The van der Waals surface area contributed by atoms with Gasteiger partial charge in [-0.1, -0.05) is 41.9 Å². The Morgan fingerprint density at radius 3 is 2.59 bits per heavy atom. The fourth-order valence-electron chi connectivity index (χ4n) is 4.50. The molecule has 13 heteroatoms. The predicted octanol–water partition coefficient (Wildman–Crippen LogP) is 7.22. The number of nitrogens with two attached hydrogens (primary N) is 1. The molecule has 0 amide bonds. The Morgan fingerprint density at radius 2 is 1.93 bits per heavy atom. The first-order chi connectivity index (χ1) is 19.1. The molecule has 0 bridgehead atoms. The third kappa shape index (κ3) is 6.75. The zero-order valence-electron chi connectivity index (χ0n) is 21.2. The van der Waals surface area contributed by atoms with Crippen LogP contribution in [-0.4, -0.2) is 39.9 Å². The quantitative estimate of drug-likeness (QED) is 0.213. The van der Waals surface area contributed by atoms with Crippen molar-refractivity contribution < 1.29 is 32.5 Å². The summed E-state index contributed by atoms with van der Waals surface area (Å²) in [5, 5.41) is 11.1. The first-order valence-electron chi connectivity index (χ1n) is 12.3. The van der Waals surface area contributed by atoms with E-state index in [1.165, 1.54) is 42.1 Å². The van der Waals surface area contributed by atoms with Gasteiger partial charge in [0.1, 0.15) is 17.1 Å². The second-order valence-electron chi connectivity index (χ2n) is 9.24. The number of benzene rings is 2. The van der Waals surface area contributed by atoms with Gasteiger partial charge in [-0.15, -0.1) is 23.7 Å². The highest BCUT2D eigenvalue weighted by atomic mass is 35.5. The van der Waals surface area contributed by atoms with Gasteiger partial charge < -0.3 is 20.3 Å². The molecule has 2 atom stereocenters. The number of alkyl halides is 3. The number of hydrogen-bond donors (Lipinski definition) is 2. The van der Waals surface area contributed by atoms with Crippen molar-refractivity contribution in [1.82, 2.24) is 9.97 Å². The maximum absolute atomic E-state index is 14.5. The van der Waals surface area contributed by atoms with E-state index in [1.54, 1.807) is 29.6 Å². The fourth-order valence-corrected chi connectivity index (χ4v) is 5.63. The highest BCUT2D eigenvalue weighted by Gasteiger charge is 2.45. The summed E-state index contributed by atoms with van der Waals surface area (Å²) in [7, 11) is 0. The standard InChI is InChI=1S/C28H23ClF3N3O4S.ClH/c29-18-7-8-19(20(11-18)17-2-1-9-38-12-17)25(28(30,31)32)39-26-24-23(34-14-35-26)21(13-40-24)16-5-3-15(4-6-16)10-22(33)27(36)37;/h3-8,11-14,22,25H,1-2,9-10,33H2,(H,36,37);1H. The molecule has 5 rings (SSSR count). The smallest absolute Gasteiger partial charge is 0.429 e. The molecule has 41 heavy (non-hydrogen) atoms. The van der Waals surface area contributed by atoms with E-state index in [9.17, 15) is 18.0 Å². The maximum atomic E-state index is 14.5. The third-order valence-electron chi connectivity index (χ3n) is 6.46. The van der Waals surface area contributed by atoms with Crippen molar-refractivity contribution in [3.63, 3.8) is 0 Å². The van der Waals surface area contributed by atoms with Crippen LogP contribution in [0.4, 0.5) is 13.2 Å². The lowest BCUT2D eigenvalue weighted by Crippen LogP contribution is -2.32. The summed E-state index contributed by atoms with van der Waals surface area (Å²) in [6, 6.07) is 10.3. The zero-order valence-corrected chi connectivity index (χ0v) is 23.6. The summed E-state index contributed by atoms with van der Waals surface area (Å²) in [5.74, 6) is -1.29. The first-order valence-corrected chi connectivity index (χ1v) is 13.5. The van der Waals surface area contributed by atoms with Gasteiger partial charge in [0.2, 0.25) is 12.0 Å². The van der Waals surface area contributed by atoms with Crippen molar-refractivity contribution >= 4 is 57.1 Å². The van der Waals surface area contributed by atoms with Crippen molar-refractivity contribution in [1.29, 1.82) is 0 Å². The molecular formula is C28H24Cl2F3N3O4S. The molecule has 1 aliphatic rings. The Morgan fingerprint density at radius 1 is 1.17 bits per heavy atom. The van der Waals surface area contributed by atoms with Crippen LogP contribution in [0.1, 0.15) is 35.6 Å². The van der Waals surface area contributed by atoms with Crippen LogP contribution >= 0.6 is 35.3 Å². The van der Waals surface area contributed by atoms with E-state index < -0.39 is 24.3 Å². The topological polar surface area (TPSA) is 108 Å². The molecular weight excluding hydrogens is 602 g/mol. The van der Waals surface area contributed by atoms with E-state index in [0.29, 0.717) is 51.4 Å². The Labute approximate surface area is 248 Å². The Kier molecular flexibility index (Phi) is 9.43. The maximum Gasteiger partial charge on any atom is 0.429 e. The summed E-state index contributed by atoms with van der Waals surface area (Å²) in [6.45, 7) is 0.497. The number of aliphatic carboxylic acids is 1. The number of aromatic nitrogens is 2. The zero-order chi connectivity index (χ0) is 28.4. The van der Waals surface area contributed by atoms with Gasteiger partial charge in [-0.05, 0) is 53.7 Å². The third-order valence-corrected chi connectivity index (χ3v) is 7.66. The number of carboxylic acid groups (broad SMARTS) is 1. The van der Waals surface area contributed by atoms with Gasteiger partial charge in [0.25, 0.3) is 0 Å². The molecule has 2 aromatic carbocycles. The molecule has 0 saturated heterocycles. The molecule has 4 aromatic rings. The van der Waals surface area contributed by atoms with Crippen LogP contribution in [-0.2, 0) is 16.0 Å². The molecule has 1 aliphatic heterocycles. The van der Waals surface area contributed by atoms with E-state index in [4.69, 9.17) is 31.9 Å². The molecule has 0 radical (unpaired) electrons. The van der Waals surface area contributed by atoms with Crippen molar-refractivity contribution in [3.05, 3.63) is 82.1 Å². The second kappa shape index (κ2) is 12.6. The number of fused-ring (bicyclic) bond motifs is 1. The lowest BCUT2D eigenvalue weighted by molar-refractivity contribution is -0.198. The first kappa shape index (κ1) is 30.6. The molecule has 3 heterocycles. The Balaban J connectivity index is 0.00000387. The number of hydrogen-bond acceptors (Lipinski definition) is 7. The number of nitrogens with zero attached hydrogens (tertiary/aromatic N) is 2. The number of allylic oxidation sites excluding steroid dienone is 1. The van der Waals surface area contributed by atoms with Crippen LogP contribution in [0.2, 0.25) is 5.02 Å². The number of halogens is 5. The predicted molar refractivity (Wildman–Crippen MR) is 153 cm³/mol. The molecule has 2 unspecified atom stereocenters. The monoisotopic (exact) mass is 625 g/mol. The normalized spacial score (nSPS) is 14.9. The van der Waals surface area contributed by atoms with Crippen molar-refractivity contribution in [2.45, 2.75) is 37.6 Å². The van der Waals surface area contributed by atoms with Gasteiger partial charge in [-0.3, -0.25) is 4.79 Å². The average molecular weight is 626 g/mol. The van der Waals surface area contributed by atoms with Crippen LogP contribution in [0.5, 0.6) is 5.88 Å². The number of thiophene rings is 1.